The lowest BCUT2D eigenvalue weighted by Gasteiger charge is -2.18. The lowest BCUT2D eigenvalue weighted by atomic mass is 10.1. The number of carbonyl (C=O) groups excluding carboxylic acids is 3. The Morgan fingerprint density at radius 3 is 1.13 bits per heavy atom. The molecule has 0 fully saturated rings. The molecule has 0 saturated carbocycles. The van der Waals surface area contributed by atoms with Crippen molar-refractivity contribution in [3.63, 3.8) is 0 Å². The van der Waals surface area contributed by atoms with Crippen LogP contribution in [-0.4, -0.2) is 37.2 Å². The highest BCUT2D eigenvalue weighted by atomic mass is 16.6. The first-order valence-corrected chi connectivity index (χ1v) is 26.1. The average Bonchev–Trinajstić information content (AvgIpc) is 3.28. The second kappa shape index (κ2) is 51.2. The lowest BCUT2D eigenvalue weighted by Crippen LogP contribution is -2.30. The molecule has 0 amide bonds. The van der Waals surface area contributed by atoms with E-state index >= 15 is 0 Å². The number of allylic oxidation sites excluding steroid dienone is 14. The predicted molar refractivity (Wildman–Crippen MR) is 270 cm³/mol. The highest BCUT2D eigenvalue weighted by molar-refractivity contribution is 5.71. The number of ether oxygens (including phenoxy) is 3. The Kier molecular flexibility index (Phi) is 48.5. The fraction of sp³-hybridized carbons (Fsp3) is 0.702. The third-order valence-corrected chi connectivity index (χ3v) is 10.9. The minimum absolute atomic E-state index is 0.105. The van der Waals surface area contributed by atoms with Gasteiger partial charge in [0.25, 0.3) is 0 Å². The van der Waals surface area contributed by atoms with Crippen LogP contribution in [0.2, 0.25) is 0 Å². The Labute approximate surface area is 388 Å². The molecule has 0 rings (SSSR count). The zero-order valence-corrected chi connectivity index (χ0v) is 41.1. The maximum Gasteiger partial charge on any atom is 0.306 e. The summed E-state index contributed by atoms with van der Waals surface area (Å²) in [5, 5.41) is 0. The molecule has 6 heteroatoms. The van der Waals surface area contributed by atoms with Gasteiger partial charge in [0.2, 0.25) is 0 Å². The van der Waals surface area contributed by atoms with E-state index in [1.165, 1.54) is 83.5 Å². The Morgan fingerprint density at radius 2 is 0.683 bits per heavy atom. The van der Waals surface area contributed by atoms with E-state index in [4.69, 9.17) is 14.2 Å². The van der Waals surface area contributed by atoms with Gasteiger partial charge < -0.3 is 14.2 Å². The molecule has 0 spiro atoms. The van der Waals surface area contributed by atoms with Gasteiger partial charge in [-0.3, -0.25) is 14.4 Å². The molecule has 0 bridgehead atoms. The van der Waals surface area contributed by atoms with Crippen molar-refractivity contribution in [3.05, 3.63) is 85.1 Å². The Balaban J connectivity index is 4.42. The second-order valence-corrected chi connectivity index (χ2v) is 17.1. The summed E-state index contributed by atoms with van der Waals surface area (Å²) in [4.78, 5) is 37.9. The normalized spacial score (nSPS) is 12.7. The molecule has 0 aliphatic heterocycles. The average molecular weight is 877 g/mol. The van der Waals surface area contributed by atoms with Gasteiger partial charge in [0.1, 0.15) is 13.2 Å². The van der Waals surface area contributed by atoms with Crippen molar-refractivity contribution < 1.29 is 28.6 Å². The van der Waals surface area contributed by atoms with Crippen molar-refractivity contribution in [2.45, 2.75) is 245 Å². The molecule has 63 heavy (non-hydrogen) atoms. The first-order chi connectivity index (χ1) is 31.0. The molecule has 0 aliphatic carbocycles. The quantitative estimate of drug-likeness (QED) is 0.0199. The highest BCUT2D eigenvalue weighted by Gasteiger charge is 2.19. The SMILES string of the molecule is CC/C=C\C/C=C\CCCCC(=O)OCC(COC(=O)CCCCCCC\C=C/C=C\C=C/CCCCCCC)OC(=O)CCCCCCC/C=C\C=C/CCCCCCCCC. The predicted octanol–water partition coefficient (Wildman–Crippen LogP) is 17.2. The van der Waals surface area contributed by atoms with Gasteiger partial charge in [-0.2, -0.15) is 0 Å². The molecular formula is C57H96O6. The molecule has 1 atom stereocenters. The van der Waals surface area contributed by atoms with Gasteiger partial charge in [-0.15, -0.1) is 0 Å². The molecule has 6 nitrogen and oxygen atoms in total. The summed E-state index contributed by atoms with van der Waals surface area (Å²) in [5.41, 5.74) is 0. The Hall–Kier alpha value is -3.41. The van der Waals surface area contributed by atoms with Crippen molar-refractivity contribution in [3.8, 4) is 0 Å². The molecule has 0 heterocycles. The number of unbranched alkanes of at least 4 members (excludes halogenated alkanes) is 24. The molecule has 0 aromatic heterocycles. The molecule has 0 saturated heterocycles. The summed E-state index contributed by atoms with van der Waals surface area (Å²) < 4.78 is 16.7. The maximum absolute atomic E-state index is 12.8. The number of hydrogen-bond donors (Lipinski definition) is 0. The van der Waals surface area contributed by atoms with E-state index in [1.807, 2.05) is 0 Å². The standard InChI is InChI=1S/C57H96O6/c1-4-7-10-13-16-19-21-23-25-27-29-31-33-35-38-41-44-47-50-56(59)62-53-54(52-61-55(58)49-46-43-40-37-18-15-12-9-6-3)63-57(60)51-48-45-42-39-36-34-32-30-28-26-24-22-20-17-14-11-8-5-2/h9,12,18,21,23,25-32,37,54H,4-8,10-11,13-17,19-20,22,24,33-36,38-53H2,1-3H3/b12-9-,23-21-,27-25-,28-26-,31-29-,32-30-,37-18-. The van der Waals surface area contributed by atoms with Gasteiger partial charge in [0.05, 0.1) is 0 Å². The second-order valence-electron chi connectivity index (χ2n) is 17.1. The smallest absolute Gasteiger partial charge is 0.306 e. The molecule has 0 aromatic rings. The number of hydrogen-bond acceptors (Lipinski definition) is 6. The van der Waals surface area contributed by atoms with Gasteiger partial charge in [-0.1, -0.05) is 209 Å². The minimum atomic E-state index is -0.805. The Bertz CT molecular complexity index is 1240. The van der Waals surface area contributed by atoms with E-state index in [1.54, 1.807) is 0 Å². The van der Waals surface area contributed by atoms with E-state index in [-0.39, 0.29) is 31.1 Å². The van der Waals surface area contributed by atoms with E-state index in [0.29, 0.717) is 19.3 Å². The fourth-order valence-electron chi connectivity index (χ4n) is 7.00. The van der Waals surface area contributed by atoms with Crippen LogP contribution in [0.15, 0.2) is 85.1 Å². The van der Waals surface area contributed by atoms with Gasteiger partial charge in [-0.25, -0.2) is 0 Å². The van der Waals surface area contributed by atoms with Crippen LogP contribution in [0.3, 0.4) is 0 Å². The third kappa shape index (κ3) is 49.5. The van der Waals surface area contributed by atoms with E-state index in [2.05, 4.69) is 106 Å². The molecule has 0 aliphatic rings. The zero-order valence-electron chi connectivity index (χ0n) is 41.1. The molecule has 0 radical (unpaired) electrons. The van der Waals surface area contributed by atoms with E-state index in [9.17, 15) is 14.4 Å². The monoisotopic (exact) mass is 877 g/mol. The van der Waals surface area contributed by atoms with Crippen LogP contribution in [0.4, 0.5) is 0 Å². The molecule has 1 unspecified atom stereocenters. The van der Waals surface area contributed by atoms with Crippen molar-refractivity contribution in [1.29, 1.82) is 0 Å². The van der Waals surface area contributed by atoms with E-state index < -0.39 is 6.10 Å². The molecule has 360 valence electrons. The highest BCUT2D eigenvalue weighted by Crippen LogP contribution is 2.13. The van der Waals surface area contributed by atoms with Crippen LogP contribution >= 0.6 is 0 Å². The van der Waals surface area contributed by atoms with Crippen molar-refractivity contribution in [2.24, 2.45) is 0 Å². The summed E-state index contributed by atoms with van der Waals surface area (Å²) in [6.45, 7) is 6.43. The molecule has 0 N–H and O–H groups in total. The van der Waals surface area contributed by atoms with Gasteiger partial charge in [-0.05, 0) is 96.3 Å². The molecular weight excluding hydrogens is 781 g/mol. The van der Waals surface area contributed by atoms with Crippen LogP contribution < -0.4 is 0 Å². The summed E-state index contributed by atoms with van der Waals surface area (Å²) >= 11 is 0. The summed E-state index contributed by atoms with van der Waals surface area (Å²) in [6.07, 6.45) is 65.8. The van der Waals surface area contributed by atoms with Crippen LogP contribution in [0, 0.1) is 0 Å². The lowest BCUT2D eigenvalue weighted by molar-refractivity contribution is -0.167. The van der Waals surface area contributed by atoms with Crippen molar-refractivity contribution in [2.75, 3.05) is 13.2 Å². The van der Waals surface area contributed by atoms with Crippen molar-refractivity contribution in [1.82, 2.24) is 0 Å². The topological polar surface area (TPSA) is 78.9 Å². The van der Waals surface area contributed by atoms with Crippen LogP contribution in [0.25, 0.3) is 0 Å². The maximum atomic E-state index is 12.8. The van der Waals surface area contributed by atoms with E-state index in [0.717, 1.165) is 116 Å². The zero-order chi connectivity index (χ0) is 45.8. The summed E-state index contributed by atoms with van der Waals surface area (Å²) in [6, 6.07) is 0. The molecule has 0 aromatic carbocycles. The summed E-state index contributed by atoms with van der Waals surface area (Å²) in [7, 11) is 0. The number of esters is 3. The first-order valence-electron chi connectivity index (χ1n) is 26.1. The minimum Gasteiger partial charge on any atom is -0.462 e. The number of carbonyl (C=O) groups is 3. The Morgan fingerprint density at radius 1 is 0.349 bits per heavy atom. The van der Waals surface area contributed by atoms with Crippen molar-refractivity contribution >= 4 is 17.9 Å². The largest absolute Gasteiger partial charge is 0.462 e. The van der Waals surface area contributed by atoms with Crippen LogP contribution in [0.1, 0.15) is 239 Å². The van der Waals surface area contributed by atoms with Gasteiger partial charge in [0, 0.05) is 19.3 Å². The first kappa shape index (κ1) is 59.6. The van der Waals surface area contributed by atoms with Crippen LogP contribution in [0.5, 0.6) is 0 Å². The third-order valence-electron chi connectivity index (χ3n) is 10.9. The van der Waals surface area contributed by atoms with Gasteiger partial charge >= 0.3 is 17.9 Å². The van der Waals surface area contributed by atoms with Gasteiger partial charge in [0.15, 0.2) is 6.10 Å². The number of rotatable bonds is 46. The van der Waals surface area contributed by atoms with Crippen LogP contribution in [-0.2, 0) is 28.6 Å². The fourth-order valence-corrected chi connectivity index (χ4v) is 7.00. The summed E-state index contributed by atoms with van der Waals surface area (Å²) in [5.74, 6) is -0.977.